The first-order chi connectivity index (χ1) is 9.10. The SMILES string of the molecule is CCNC(Cc1cnn(C)c1)c1cc(C)ccc1F. The maximum absolute atomic E-state index is 14.0. The Morgan fingerprint density at radius 1 is 1.42 bits per heavy atom. The number of nitrogens with zero attached hydrogens (tertiary/aromatic N) is 2. The molecule has 0 aliphatic heterocycles. The van der Waals surface area contributed by atoms with Crippen molar-refractivity contribution in [1.82, 2.24) is 15.1 Å². The normalized spacial score (nSPS) is 12.6. The van der Waals surface area contributed by atoms with Crippen molar-refractivity contribution in [3.05, 3.63) is 53.1 Å². The van der Waals surface area contributed by atoms with E-state index in [0.717, 1.165) is 29.7 Å². The van der Waals surface area contributed by atoms with Crippen molar-refractivity contribution in [2.24, 2.45) is 7.05 Å². The number of nitrogens with one attached hydrogen (secondary N) is 1. The maximum atomic E-state index is 14.0. The topological polar surface area (TPSA) is 29.9 Å². The molecule has 0 amide bonds. The summed E-state index contributed by atoms with van der Waals surface area (Å²) in [5, 5.41) is 7.51. The van der Waals surface area contributed by atoms with Crippen LogP contribution >= 0.6 is 0 Å². The van der Waals surface area contributed by atoms with E-state index in [0.29, 0.717) is 0 Å². The molecule has 1 N–H and O–H groups in total. The first kappa shape index (κ1) is 13.7. The fourth-order valence-electron chi connectivity index (χ4n) is 2.28. The van der Waals surface area contributed by atoms with Crippen LogP contribution in [0.1, 0.15) is 29.7 Å². The lowest BCUT2D eigenvalue weighted by Gasteiger charge is -2.19. The van der Waals surface area contributed by atoms with Crippen LogP contribution in [0.15, 0.2) is 30.6 Å². The lowest BCUT2D eigenvalue weighted by atomic mass is 9.98. The summed E-state index contributed by atoms with van der Waals surface area (Å²) in [6.45, 7) is 4.82. The lowest BCUT2D eigenvalue weighted by molar-refractivity contribution is 0.509. The molecule has 0 spiro atoms. The smallest absolute Gasteiger partial charge is 0.128 e. The quantitative estimate of drug-likeness (QED) is 0.897. The molecule has 4 heteroatoms. The summed E-state index contributed by atoms with van der Waals surface area (Å²) in [7, 11) is 1.89. The van der Waals surface area contributed by atoms with Crippen molar-refractivity contribution in [3.63, 3.8) is 0 Å². The highest BCUT2D eigenvalue weighted by molar-refractivity contribution is 5.28. The van der Waals surface area contributed by atoms with Crippen LogP contribution < -0.4 is 5.32 Å². The van der Waals surface area contributed by atoms with Crippen LogP contribution in [0.2, 0.25) is 0 Å². The van der Waals surface area contributed by atoms with Crippen molar-refractivity contribution >= 4 is 0 Å². The summed E-state index contributed by atoms with van der Waals surface area (Å²) in [4.78, 5) is 0. The van der Waals surface area contributed by atoms with E-state index in [1.807, 2.05) is 39.4 Å². The Morgan fingerprint density at radius 2 is 2.21 bits per heavy atom. The number of aromatic nitrogens is 2. The van der Waals surface area contributed by atoms with Crippen LogP contribution in [0.5, 0.6) is 0 Å². The second-order valence-electron chi connectivity index (χ2n) is 4.86. The Labute approximate surface area is 113 Å². The van der Waals surface area contributed by atoms with Crippen molar-refractivity contribution in [1.29, 1.82) is 0 Å². The predicted octanol–water partition coefficient (Wildman–Crippen LogP) is 2.76. The monoisotopic (exact) mass is 261 g/mol. The number of likely N-dealkylation sites (N-methyl/N-ethyl adjacent to an activating group) is 1. The molecule has 1 heterocycles. The predicted molar refractivity (Wildman–Crippen MR) is 74.5 cm³/mol. The second-order valence-corrected chi connectivity index (χ2v) is 4.86. The summed E-state index contributed by atoms with van der Waals surface area (Å²) >= 11 is 0. The average molecular weight is 261 g/mol. The van der Waals surface area contributed by atoms with Crippen molar-refractivity contribution in [2.75, 3.05) is 6.54 Å². The largest absolute Gasteiger partial charge is 0.310 e. The summed E-state index contributed by atoms with van der Waals surface area (Å²) in [5.74, 6) is -0.152. The Hall–Kier alpha value is -1.68. The molecule has 1 aromatic carbocycles. The highest BCUT2D eigenvalue weighted by Crippen LogP contribution is 2.22. The van der Waals surface area contributed by atoms with E-state index in [-0.39, 0.29) is 11.9 Å². The van der Waals surface area contributed by atoms with Crippen LogP contribution in [0.3, 0.4) is 0 Å². The summed E-state index contributed by atoms with van der Waals surface area (Å²) in [6, 6.07) is 5.23. The van der Waals surface area contributed by atoms with Gasteiger partial charge in [-0.15, -0.1) is 0 Å². The molecule has 0 aliphatic rings. The third kappa shape index (κ3) is 3.41. The van der Waals surface area contributed by atoms with Crippen LogP contribution in [-0.2, 0) is 13.5 Å². The molecule has 2 aromatic rings. The van der Waals surface area contributed by atoms with Gasteiger partial charge in [0.05, 0.1) is 6.20 Å². The zero-order valence-corrected chi connectivity index (χ0v) is 11.7. The molecule has 102 valence electrons. The third-order valence-electron chi connectivity index (χ3n) is 3.18. The van der Waals surface area contributed by atoms with Gasteiger partial charge in [-0.25, -0.2) is 4.39 Å². The minimum Gasteiger partial charge on any atom is -0.310 e. The zero-order chi connectivity index (χ0) is 13.8. The van der Waals surface area contributed by atoms with Crippen molar-refractivity contribution in [2.45, 2.75) is 26.3 Å². The fraction of sp³-hybridized carbons (Fsp3) is 0.400. The van der Waals surface area contributed by atoms with Gasteiger partial charge in [-0.2, -0.15) is 5.10 Å². The molecule has 0 radical (unpaired) electrons. The lowest BCUT2D eigenvalue weighted by Crippen LogP contribution is -2.24. The van der Waals surface area contributed by atoms with E-state index in [1.54, 1.807) is 10.7 Å². The van der Waals surface area contributed by atoms with Gasteiger partial charge in [-0.05, 0) is 31.5 Å². The van der Waals surface area contributed by atoms with E-state index in [9.17, 15) is 4.39 Å². The fourth-order valence-corrected chi connectivity index (χ4v) is 2.28. The van der Waals surface area contributed by atoms with E-state index in [1.165, 1.54) is 6.07 Å². The number of hydrogen-bond acceptors (Lipinski definition) is 2. The first-order valence-electron chi connectivity index (χ1n) is 6.57. The Balaban J connectivity index is 2.26. The summed E-state index contributed by atoms with van der Waals surface area (Å²) < 4.78 is 15.8. The highest BCUT2D eigenvalue weighted by Gasteiger charge is 2.16. The molecule has 0 fully saturated rings. The van der Waals surface area contributed by atoms with Crippen molar-refractivity contribution < 1.29 is 4.39 Å². The molecule has 1 atom stereocenters. The van der Waals surface area contributed by atoms with E-state index >= 15 is 0 Å². The average Bonchev–Trinajstić information content (AvgIpc) is 2.77. The van der Waals surface area contributed by atoms with Crippen LogP contribution in [0.25, 0.3) is 0 Å². The van der Waals surface area contributed by atoms with Crippen molar-refractivity contribution in [3.8, 4) is 0 Å². The maximum Gasteiger partial charge on any atom is 0.128 e. The van der Waals surface area contributed by atoms with Gasteiger partial charge >= 0.3 is 0 Å². The van der Waals surface area contributed by atoms with Gasteiger partial charge in [0.2, 0.25) is 0 Å². The Kier molecular flexibility index (Phi) is 4.32. The third-order valence-corrected chi connectivity index (χ3v) is 3.18. The Morgan fingerprint density at radius 3 is 2.84 bits per heavy atom. The highest BCUT2D eigenvalue weighted by atomic mass is 19.1. The molecule has 2 rings (SSSR count). The molecule has 0 bridgehead atoms. The van der Waals surface area contributed by atoms with Crippen LogP contribution in [0.4, 0.5) is 4.39 Å². The standard InChI is InChI=1S/C15H20FN3/c1-4-17-15(8-12-9-18-19(3)10-12)13-7-11(2)5-6-14(13)16/h5-7,9-10,15,17H,4,8H2,1-3H3. The van der Waals surface area contributed by atoms with Crippen LogP contribution in [-0.4, -0.2) is 16.3 Å². The number of aryl methyl sites for hydroxylation is 2. The van der Waals surface area contributed by atoms with E-state index in [4.69, 9.17) is 0 Å². The van der Waals surface area contributed by atoms with Gasteiger partial charge in [0, 0.05) is 24.8 Å². The minimum atomic E-state index is -0.152. The number of halogens is 1. The van der Waals surface area contributed by atoms with E-state index < -0.39 is 0 Å². The molecule has 0 aliphatic carbocycles. The Bertz CT molecular complexity index is 548. The first-order valence-corrected chi connectivity index (χ1v) is 6.57. The van der Waals surface area contributed by atoms with E-state index in [2.05, 4.69) is 10.4 Å². The molecular formula is C15H20FN3. The molecule has 3 nitrogen and oxygen atoms in total. The van der Waals surface area contributed by atoms with Gasteiger partial charge in [0.15, 0.2) is 0 Å². The number of rotatable bonds is 5. The molecule has 0 saturated heterocycles. The molecular weight excluding hydrogens is 241 g/mol. The van der Waals surface area contributed by atoms with Gasteiger partial charge < -0.3 is 5.32 Å². The van der Waals surface area contributed by atoms with Crippen LogP contribution in [0, 0.1) is 12.7 Å². The molecule has 0 saturated carbocycles. The van der Waals surface area contributed by atoms with Gasteiger partial charge in [0.1, 0.15) is 5.82 Å². The molecule has 19 heavy (non-hydrogen) atoms. The molecule has 1 unspecified atom stereocenters. The minimum absolute atomic E-state index is 0.0194. The summed E-state index contributed by atoms with van der Waals surface area (Å²) in [5.41, 5.74) is 2.91. The van der Waals surface area contributed by atoms with Gasteiger partial charge in [0.25, 0.3) is 0 Å². The second kappa shape index (κ2) is 5.97. The van der Waals surface area contributed by atoms with Gasteiger partial charge in [-0.3, -0.25) is 4.68 Å². The van der Waals surface area contributed by atoms with Gasteiger partial charge in [-0.1, -0.05) is 24.6 Å². The zero-order valence-electron chi connectivity index (χ0n) is 11.7. The summed E-state index contributed by atoms with van der Waals surface area (Å²) in [6.07, 6.45) is 4.54. The number of benzene rings is 1. The molecule has 1 aromatic heterocycles. The number of hydrogen-bond donors (Lipinski definition) is 1.